The first kappa shape index (κ1) is 14.0. The molecule has 5 heteroatoms. The fourth-order valence-electron chi connectivity index (χ4n) is 1.94. The van der Waals surface area contributed by atoms with Gasteiger partial charge in [-0.05, 0) is 31.5 Å². The van der Waals surface area contributed by atoms with Crippen LogP contribution in [0.2, 0.25) is 0 Å². The Morgan fingerprint density at radius 3 is 2.68 bits per heavy atom. The molecule has 1 saturated heterocycles. The number of ether oxygens (including phenoxy) is 2. The highest BCUT2D eigenvalue weighted by Crippen LogP contribution is 2.21. The van der Waals surface area contributed by atoms with E-state index in [0.29, 0.717) is 13.2 Å². The molecule has 1 N–H and O–H groups in total. The lowest BCUT2D eigenvalue weighted by molar-refractivity contribution is -0.139. The Balaban J connectivity index is 1.75. The predicted molar refractivity (Wildman–Crippen MR) is 68.0 cm³/mol. The molecular weight excluding hydrogens is 249 g/mol. The van der Waals surface area contributed by atoms with Crippen LogP contribution in [0.15, 0.2) is 24.3 Å². The molecule has 0 aromatic heterocycles. The maximum Gasteiger partial charge on any atom is 0.224 e. The van der Waals surface area contributed by atoms with Crippen LogP contribution in [-0.4, -0.2) is 30.9 Å². The Kier molecular flexibility index (Phi) is 4.17. The van der Waals surface area contributed by atoms with Crippen LogP contribution < -0.4 is 5.32 Å². The van der Waals surface area contributed by atoms with Crippen molar-refractivity contribution in [3.63, 3.8) is 0 Å². The third-order valence-electron chi connectivity index (χ3n) is 2.87. The summed E-state index contributed by atoms with van der Waals surface area (Å²) in [5.74, 6) is -0.991. The fraction of sp³-hybridized carbons (Fsp3) is 0.500. The minimum absolute atomic E-state index is 0.111. The van der Waals surface area contributed by atoms with Crippen LogP contribution in [0.1, 0.15) is 19.4 Å². The highest BCUT2D eigenvalue weighted by Gasteiger charge is 2.32. The van der Waals surface area contributed by atoms with Gasteiger partial charge in [0.25, 0.3) is 0 Å². The second-order valence-electron chi connectivity index (χ2n) is 5.06. The van der Waals surface area contributed by atoms with Crippen molar-refractivity contribution in [3.05, 3.63) is 35.6 Å². The summed E-state index contributed by atoms with van der Waals surface area (Å²) in [7, 11) is 0. The average molecular weight is 267 g/mol. The van der Waals surface area contributed by atoms with Crippen molar-refractivity contribution in [2.75, 3.05) is 13.2 Å². The molecule has 1 amide bonds. The highest BCUT2D eigenvalue weighted by atomic mass is 19.1. The zero-order chi connectivity index (χ0) is 13.9. The first-order chi connectivity index (χ1) is 8.94. The van der Waals surface area contributed by atoms with Gasteiger partial charge >= 0.3 is 0 Å². The molecule has 0 saturated carbocycles. The number of carbonyl (C=O) groups is 1. The molecule has 0 spiro atoms. The molecule has 0 bridgehead atoms. The Labute approximate surface area is 111 Å². The maximum absolute atomic E-state index is 12.7. The van der Waals surface area contributed by atoms with E-state index in [-0.39, 0.29) is 24.2 Å². The predicted octanol–water partition coefficient (Wildman–Crippen LogP) is 1.64. The number of hydrogen-bond donors (Lipinski definition) is 1. The van der Waals surface area contributed by atoms with E-state index >= 15 is 0 Å². The molecule has 1 unspecified atom stereocenters. The summed E-state index contributed by atoms with van der Waals surface area (Å²) >= 11 is 0. The molecule has 0 radical (unpaired) electrons. The monoisotopic (exact) mass is 267 g/mol. The Morgan fingerprint density at radius 1 is 1.42 bits per heavy atom. The largest absolute Gasteiger partial charge is 0.353 e. The number of amides is 1. The van der Waals surface area contributed by atoms with Crippen LogP contribution in [0.3, 0.4) is 0 Å². The van der Waals surface area contributed by atoms with Crippen molar-refractivity contribution in [3.8, 4) is 0 Å². The van der Waals surface area contributed by atoms with Crippen LogP contribution in [0.5, 0.6) is 0 Å². The van der Waals surface area contributed by atoms with Crippen LogP contribution in [0, 0.1) is 5.82 Å². The molecule has 1 heterocycles. The van der Waals surface area contributed by atoms with Gasteiger partial charge in [0.1, 0.15) is 11.9 Å². The van der Waals surface area contributed by atoms with Gasteiger partial charge < -0.3 is 14.8 Å². The molecule has 4 nitrogen and oxygen atoms in total. The average Bonchev–Trinajstić information content (AvgIpc) is 2.69. The minimum Gasteiger partial charge on any atom is -0.353 e. The molecule has 0 aliphatic carbocycles. The van der Waals surface area contributed by atoms with Crippen molar-refractivity contribution in [2.24, 2.45) is 0 Å². The third-order valence-corrected chi connectivity index (χ3v) is 2.87. The molecule has 1 aromatic carbocycles. The quantitative estimate of drug-likeness (QED) is 0.902. The van der Waals surface area contributed by atoms with Gasteiger partial charge in [-0.3, -0.25) is 4.79 Å². The molecule has 1 atom stereocenters. The highest BCUT2D eigenvalue weighted by molar-refractivity contribution is 5.78. The molecule has 1 aliphatic rings. The van der Waals surface area contributed by atoms with Crippen molar-refractivity contribution in [1.29, 1.82) is 0 Å². The van der Waals surface area contributed by atoms with Crippen LogP contribution in [0.4, 0.5) is 4.39 Å². The zero-order valence-electron chi connectivity index (χ0n) is 11.1. The van der Waals surface area contributed by atoms with E-state index in [9.17, 15) is 9.18 Å². The van der Waals surface area contributed by atoms with E-state index in [1.54, 1.807) is 12.1 Å². The molecule has 2 rings (SSSR count). The number of halogens is 1. The summed E-state index contributed by atoms with van der Waals surface area (Å²) < 4.78 is 23.7. The van der Waals surface area contributed by atoms with Crippen molar-refractivity contribution >= 4 is 5.91 Å². The molecule has 1 aliphatic heterocycles. The van der Waals surface area contributed by atoms with Crippen LogP contribution in [0.25, 0.3) is 0 Å². The van der Waals surface area contributed by atoms with Crippen molar-refractivity contribution in [1.82, 2.24) is 5.32 Å². The zero-order valence-corrected chi connectivity index (χ0v) is 11.1. The summed E-state index contributed by atoms with van der Waals surface area (Å²) in [5, 5.41) is 2.79. The summed E-state index contributed by atoms with van der Waals surface area (Å²) in [6, 6.07) is 5.90. The lowest BCUT2D eigenvalue weighted by Gasteiger charge is -2.17. The standard InChI is InChI=1S/C14H18FNO3/c1-14(2)18-9-12(19-14)8-16-13(17)7-10-3-5-11(15)6-4-10/h3-6,12H,7-9H2,1-2H3,(H,16,17). The number of benzene rings is 1. The molecule has 104 valence electrons. The Bertz CT molecular complexity index is 445. The first-order valence-electron chi connectivity index (χ1n) is 6.27. The summed E-state index contributed by atoms with van der Waals surface area (Å²) in [4.78, 5) is 11.7. The van der Waals surface area contributed by atoms with Crippen LogP contribution in [-0.2, 0) is 20.7 Å². The number of nitrogens with one attached hydrogen (secondary N) is 1. The van der Waals surface area contributed by atoms with E-state index < -0.39 is 5.79 Å². The van der Waals surface area contributed by atoms with Gasteiger partial charge in [0.15, 0.2) is 5.79 Å². The van der Waals surface area contributed by atoms with E-state index in [0.717, 1.165) is 5.56 Å². The summed E-state index contributed by atoms with van der Waals surface area (Å²) in [6.45, 7) is 4.58. The van der Waals surface area contributed by atoms with Gasteiger partial charge in [0.05, 0.1) is 13.0 Å². The Morgan fingerprint density at radius 2 is 2.11 bits per heavy atom. The number of rotatable bonds is 4. The van der Waals surface area contributed by atoms with Gasteiger partial charge in [0.2, 0.25) is 5.91 Å². The molecule has 1 fully saturated rings. The number of carbonyl (C=O) groups excluding carboxylic acids is 1. The minimum atomic E-state index is -0.577. The van der Waals surface area contributed by atoms with Gasteiger partial charge in [-0.2, -0.15) is 0 Å². The van der Waals surface area contributed by atoms with Crippen molar-refractivity contribution in [2.45, 2.75) is 32.2 Å². The topological polar surface area (TPSA) is 47.6 Å². The maximum atomic E-state index is 12.7. The third kappa shape index (κ3) is 4.29. The lowest BCUT2D eigenvalue weighted by atomic mass is 10.1. The van der Waals surface area contributed by atoms with Gasteiger partial charge in [-0.25, -0.2) is 4.39 Å². The molecular formula is C14H18FNO3. The Hall–Kier alpha value is -1.46. The second kappa shape index (κ2) is 5.67. The fourth-order valence-corrected chi connectivity index (χ4v) is 1.94. The van der Waals surface area contributed by atoms with E-state index in [1.165, 1.54) is 12.1 Å². The van der Waals surface area contributed by atoms with E-state index in [2.05, 4.69) is 5.32 Å². The smallest absolute Gasteiger partial charge is 0.224 e. The van der Waals surface area contributed by atoms with Crippen molar-refractivity contribution < 1.29 is 18.7 Å². The SMILES string of the molecule is CC1(C)OCC(CNC(=O)Cc2ccc(F)cc2)O1. The van der Waals surface area contributed by atoms with Crippen LogP contribution >= 0.6 is 0 Å². The molecule has 1 aromatic rings. The van der Waals surface area contributed by atoms with Gasteiger partial charge in [-0.15, -0.1) is 0 Å². The summed E-state index contributed by atoms with van der Waals surface area (Å²) in [6.07, 6.45) is 0.115. The second-order valence-corrected chi connectivity index (χ2v) is 5.06. The molecule has 19 heavy (non-hydrogen) atoms. The normalized spacial score (nSPS) is 21.3. The number of hydrogen-bond acceptors (Lipinski definition) is 3. The van der Waals surface area contributed by atoms with E-state index in [4.69, 9.17) is 9.47 Å². The summed E-state index contributed by atoms with van der Waals surface area (Å²) in [5.41, 5.74) is 0.780. The van der Waals surface area contributed by atoms with Gasteiger partial charge in [0, 0.05) is 6.54 Å². The first-order valence-corrected chi connectivity index (χ1v) is 6.27. The lowest BCUT2D eigenvalue weighted by Crippen LogP contribution is -2.35. The van der Waals surface area contributed by atoms with Gasteiger partial charge in [-0.1, -0.05) is 12.1 Å². The van der Waals surface area contributed by atoms with E-state index in [1.807, 2.05) is 13.8 Å².